The number of nitrogens with zero attached hydrogens (tertiary/aromatic N) is 3. The lowest BCUT2D eigenvalue weighted by atomic mass is 10.0. The van der Waals surface area contributed by atoms with Gasteiger partial charge >= 0.3 is 0 Å². The van der Waals surface area contributed by atoms with Crippen LogP contribution in [0, 0.1) is 0 Å². The van der Waals surface area contributed by atoms with E-state index < -0.39 is 0 Å². The van der Waals surface area contributed by atoms with Crippen LogP contribution in [0.25, 0.3) is 0 Å². The molecule has 0 aromatic heterocycles. The van der Waals surface area contributed by atoms with Gasteiger partial charge in [-0.25, -0.2) is 0 Å². The Balaban J connectivity index is 1.48. The van der Waals surface area contributed by atoms with Crippen LogP contribution in [-0.2, 0) is 17.7 Å². The summed E-state index contributed by atoms with van der Waals surface area (Å²) in [5.41, 5.74) is 2.90. The first kappa shape index (κ1) is 17.2. The molecule has 132 valence electrons. The van der Waals surface area contributed by atoms with Gasteiger partial charge in [-0.1, -0.05) is 24.3 Å². The fraction of sp³-hybridized carbons (Fsp3) is 0.632. The molecule has 0 bridgehead atoms. The van der Waals surface area contributed by atoms with E-state index >= 15 is 0 Å². The number of hydrogen-bond acceptors (Lipinski definition) is 3. The molecule has 1 aliphatic heterocycles. The Morgan fingerprint density at radius 3 is 2.79 bits per heavy atom. The number of rotatable bonds is 7. The monoisotopic (exact) mass is 330 g/mol. The standard InChI is InChI=1S/C19H30N4O/c1-20-19(21-10-12-22(13-14-24-2)18-7-8-18)23-11-9-16-5-3-4-6-17(16)15-23/h3-6,18H,7-15H2,1-2H3,(H,20,21). The van der Waals surface area contributed by atoms with Crippen molar-refractivity contribution in [3.05, 3.63) is 35.4 Å². The molecular weight excluding hydrogens is 300 g/mol. The van der Waals surface area contributed by atoms with Crippen molar-refractivity contribution < 1.29 is 4.74 Å². The molecule has 0 spiro atoms. The van der Waals surface area contributed by atoms with Crippen LogP contribution in [0.15, 0.2) is 29.3 Å². The van der Waals surface area contributed by atoms with Crippen molar-refractivity contribution in [1.82, 2.24) is 15.1 Å². The molecule has 0 radical (unpaired) electrons. The zero-order chi connectivity index (χ0) is 16.8. The predicted octanol–water partition coefficient (Wildman–Crippen LogP) is 1.73. The van der Waals surface area contributed by atoms with Gasteiger partial charge in [0.25, 0.3) is 0 Å². The number of guanidine groups is 1. The molecule has 0 unspecified atom stereocenters. The van der Waals surface area contributed by atoms with Gasteiger partial charge in [0.2, 0.25) is 0 Å². The van der Waals surface area contributed by atoms with E-state index in [9.17, 15) is 0 Å². The second-order valence-electron chi connectivity index (χ2n) is 6.67. The molecule has 1 aromatic carbocycles. The maximum Gasteiger partial charge on any atom is 0.194 e. The molecule has 5 nitrogen and oxygen atoms in total. The highest BCUT2D eigenvalue weighted by atomic mass is 16.5. The largest absolute Gasteiger partial charge is 0.383 e. The summed E-state index contributed by atoms with van der Waals surface area (Å²) in [5.74, 6) is 1.02. The summed E-state index contributed by atoms with van der Waals surface area (Å²) in [6.45, 7) is 5.81. The fourth-order valence-corrected chi connectivity index (χ4v) is 3.45. The number of aliphatic imine (C=N–C) groups is 1. The number of methoxy groups -OCH3 is 1. The van der Waals surface area contributed by atoms with Crippen LogP contribution >= 0.6 is 0 Å². The Bertz CT molecular complexity index is 556. The lowest BCUT2D eigenvalue weighted by Gasteiger charge is -2.32. The van der Waals surface area contributed by atoms with E-state index in [-0.39, 0.29) is 0 Å². The van der Waals surface area contributed by atoms with E-state index in [4.69, 9.17) is 4.74 Å². The van der Waals surface area contributed by atoms with Crippen LogP contribution < -0.4 is 5.32 Å². The molecule has 3 rings (SSSR count). The average molecular weight is 330 g/mol. The lowest BCUT2D eigenvalue weighted by Crippen LogP contribution is -2.46. The van der Waals surface area contributed by atoms with Gasteiger partial charge in [0.15, 0.2) is 5.96 Å². The van der Waals surface area contributed by atoms with Gasteiger partial charge in [-0.3, -0.25) is 9.89 Å². The van der Waals surface area contributed by atoms with Crippen molar-refractivity contribution >= 4 is 5.96 Å². The summed E-state index contributed by atoms with van der Waals surface area (Å²) in [6, 6.07) is 9.50. The molecule has 0 atom stereocenters. The summed E-state index contributed by atoms with van der Waals surface area (Å²) < 4.78 is 5.23. The maximum atomic E-state index is 5.23. The van der Waals surface area contributed by atoms with Crippen molar-refractivity contribution in [1.29, 1.82) is 0 Å². The molecule has 1 saturated carbocycles. The summed E-state index contributed by atoms with van der Waals surface area (Å²) >= 11 is 0. The van der Waals surface area contributed by atoms with Crippen molar-refractivity contribution in [3.63, 3.8) is 0 Å². The van der Waals surface area contributed by atoms with Crippen LogP contribution in [-0.4, -0.2) is 68.7 Å². The minimum atomic E-state index is 0.769. The second-order valence-corrected chi connectivity index (χ2v) is 6.67. The third kappa shape index (κ3) is 4.48. The quantitative estimate of drug-likeness (QED) is 0.611. The molecule has 5 heteroatoms. The molecule has 1 N–H and O–H groups in total. The molecule has 0 saturated heterocycles. The van der Waals surface area contributed by atoms with Crippen molar-refractivity contribution in [2.75, 3.05) is 46.9 Å². The average Bonchev–Trinajstić information content (AvgIpc) is 3.46. The first-order valence-electron chi connectivity index (χ1n) is 9.07. The smallest absolute Gasteiger partial charge is 0.194 e. The zero-order valence-corrected chi connectivity index (χ0v) is 15.0. The van der Waals surface area contributed by atoms with Crippen LogP contribution in [0.3, 0.4) is 0 Å². The Morgan fingerprint density at radius 1 is 1.29 bits per heavy atom. The second kappa shape index (κ2) is 8.49. The Hall–Kier alpha value is -1.59. The maximum absolute atomic E-state index is 5.23. The summed E-state index contributed by atoms with van der Waals surface area (Å²) in [6.07, 6.45) is 3.77. The number of fused-ring (bicyclic) bond motifs is 1. The number of nitrogens with one attached hydrogen (secondary N) is 1. The molecule has 24 heavy (non-hydrogen) atoms. The summed E-state index contributed by atoms with van der Waals surface area (Å²) in [7, 11) is 3.66. The van der Waals surface area contributed by atoms with E-state index in [1.54, 1.807) is 7.11 Å². The SMILES string of the molecule is CN=C(NCCN(CCOC)C1CC1)N1CCc2ccccc2C1. The Labute approximate surface area is 145 Å². The van der Waals surface area contributed by atoms with Gasteiger partial charge < -0.3 is 15.0 Å². The van der Waals surface area contributed by atoms with Crippen LogP contribution in [0.4, 0.5) is 0 Å². The van der Waals surface area contributed by atoms with Gasteiger partial charge in [-0.2, -0.15) is 0 Å². The number of benzene rings is 1. The highest BCUT2D eigenvalue weighted by Crippen LogP contribution is 2.26. The van der Waals surface area contributed by atoms with Gasteiger partial charge in [0.1, 0.15) is 0 Å². The molecule has 1 heterocycles. The lowest BCUT2D eigenvalue weighted by molar-refractivity contribution is 0.144. The minimum Gasteiger partial charge on any atom is -0.383 e. The molecule has 1 aromatic rings. The molecule has 2 aliphatic rings. The van der Waals surface area contributed by atoms with Crippen molar-refractivity contribution in [2.24, 2.45) is 4.99 Å². The van der Waals surface area contributed by atoms with Crippen molar-refractivity contribution in [2.45, 2.75) is 31.8 Å². The van der Waals surface area contributed by atoms with Gasteiger partial charge in [0, 0.05) is 52.9 Å². The first-order chi connectivity index (χ1) is 11.8. The molecule has 1 fully saturated rings. The van der Waals surface area contributed by atoms with E-state index in [0.717, 1.165) is 57.8 Å². The van der Waals surface area contributed by atoms with E-state index in [2.05, 4.69) is 44.4 Å². The van der Waals surface area contributed by atoms with E-state index in [0.29, 0.717) is 0 Å². The zero-order valence-electron chi connectivity index (χ0n) is 15.0. The summed E-state index contributed by atoms with van der Waals surface area (Å²) in [5, 5.41) is 3.55. The predicted molar refractivity (Wildman–Crippen MR) is 98.4 cm³/mol. The van der Waals surface area contributed by atoms with Crippen molar-refractivity contribution in [3.8, 4) is 0 Å². The number of hydrogen-bond donors (Lipinski definition) is 1. The van der Waals surface area contributed by atoms with E-state index in [1.807, 2.05) is 7.05 Å². The Morgan fingerprint density at radius 2 is 2.08 bits per heavy atom. The topological polar surface area (TPSA) is 40.1 Å². The molecule has 0 amide bonds. The third-order valence-electron chi connectivity index (χ3n) is 4.97. The first-order valence-corrected chi connectivity index (χ1v) is 9.07. The van der Waals surface area contributed by atoms with Gasteiger partial charge in [-0.15, -0.1) is 0 Å². The van der Waals surface area contributed by atoms with Gasteiger partial charge in [-0.05, 0) is 30.4 Å². The fourth-order valence-electron chi connectivity index (χ4n) is 3.45. The highest BCUT2D eigenvalue weighted by molar-refractivity contribution is 5.80. The molecule has 1 aliphatic carbocycles. The van der Waals surface area contributed by atoms with Crippen LogP contribution in [0.1, 0.15) is 24.0 Å². The Kier molecular flexibility index (Phi) is 6.10. The molecular formula is C19H30N4O. The minimum absolute atomic E-state index is 0.769. The van der Waals surface area contributed by atoms with Crippen LogP contribution in [0.2, 0.25) is 0 Å². The third-order valence-corrected chi connectivity index (χ3v) is 4.97. The number of ether oxygens (including phenoxy) is 1. The summed E-state index contributed by atoms with van der Waals surface area (Å²) in [4.78, 5) is 9.39. The van der Waals surface area contributed by atoms with Crippen LogP contribution in [0.5, 0.6) is 0 Å². The normalized spacial score (nSPS) is 18.0. The highest BCUT2D eigenvalue weighted by Gasteiger charge is 2.28. The van der Waals surface area contributed by atoms with Gasteiger partial charge in [0.05, 0.1) is 6.61 Å². The van der Waals surface area contributed by atoms with E-state index in [1.165, 1.54) is 24.0 Å².